The van der Waals surface area contributed by atoms with Gasteiger partial charge in [0, 0.05) is 13.1 Å². The Morgan fingerprint density at radius 3 is 2.32 bits per heavy atom. The van der Waals surface area contributed by atoms with Crippen LogP contribution in [0.5, 0.6) is 0 Å². The van der Waals surface area contributed by atoms with Gasteiger partial charge in [-0.3, -0.25) is 9.59 Å². The summed E-state index contributed by atoms with van der Waals surface area (Å²) in [5.74, 6) is -0.621. The number of carbonyl (C=O) groups excluding carboxylic acids is 2. The number of hydrogen-bond donors (Lipinski definition) is 2. The zero-order valence-corrected chi connectivity index (χ0v) is 13.7. The summed E-state index contributed by atoms with van der Waals surface area (Å²) in [6.07, 6.45) is 0.391. The monoisotopic (exact) mass is 308 g/mol. The molecule has 0 aliphatic heterocycles. The van der Waals surface area contributed by atoms with E-state index >= 15 is 0 Å². The molecular weight excluding hydrogens is 283 g/mol. The molecular formula is C17H25FN2O2. The summed E-state index contributed by atoms with van der Waals surface area (Å²) in [5.41, 5.74) is -0.603. The standard InChI is InChI=1S/C17H25FN2O2/c1-12(2)11-20-16(22)17(3,4)15(21)19-10-9-13-7-5-6-8-14(13)18/h5-8,12H,9-11H2,1-4H3,(H,19,21)(H,20,22). The molecule has 0 fully saturated rings. The number of rotatable bonds is 7. The van der Waals surface area contributed by atoms with E-state index in [4.69, 9.17) is 0 Å². The fourth-order valence-electron chi connectivity index (χ4n) is 1.85. The molecule has 0 bridgehead atoms. The summed E-state index contributed by atoms with van der Waals surface area (Å²) in [7, 11) is 0. The van der Waals surface area contributed by atoms with Crippen molar-refractivity contribution in [2.24, 2.45) is 11.3 Å². The van der Waals surface area contributed by atoms with E-state index in [1.165, 1.54) is 6.07 Å². The first kappa shape index (κ1) is 18.1. The summed E-state index contributed by atoms with van der Waals surface area (Å²) in [6, 6.07) is 6.45. The maximum atomic E-state index is 13.5. The van der Waals surface area contributed by atoms with Gasteiger partial charge in [-0.05, 0) is 37.8 Å². The molecule has 0 saturated carbocycles. The van der Waals surface area contributed by atoms with Crippen molar-refractivity contribution in [3.8, 4) is 0 Å². The molecule has 0 unspecified atom stereocenters. The summed E-state index contributed by atoms with van der Waals surface area (Å²) >= 11 is 0. The zero-order chi connectivity index (χ0) is 16.8. The Morgan fingerprint density at radius 2 is 1.73 bits per heavy atom. The van der Waals surface area contributed by atoms with Gasteiger partial charge in [-0.15, -0.1) is 0 Å². The average Bonchev–Trinajstić information content (AvgIpc) is 2.46. The van der Waals surface area contributed by atoms with Gasteiger partial charge in [-0.25, -0.2) is 4.39 Å². The fraction of sp³-hybridized carbons (Fsp3) is 0.529. The third-order valence-electron chi connectivity index (χ3n) is 3.44. The lowest BCUT2D eigenvalue weighted by molar-refractivity contribution is -0.141. The molecule has 0 atom stereocenters. The van der Waals surface area contributed by atoms with Crippen molar-refractivity contribution in [2.75, 3.05) is 13.1 Å². The summed E-state index contributed by atoms with van der Waals surface area (Å²) in [6.45, 7) is 7.97. The Morgan fingerprint density at radius 1 is 1.14 bits per heavy atom. The molecule has 122 valence electrons. The number of amides is 2. The summed E-state index contributed by atoms with van der Waals surface area (Å²) in [4.78, 5) is 24.2. The molecule has 0 aromatic heterocycles. The van der Waals surface area contributed by atoms with Gasteiger partial charge < -0.3 is 10.6 Å². The largest absolute Gasteiger partial charge is 0.355 e. The van der Waals surface area contributed by atoms with Crippen LogP contribution in [0.1, 0.15) is 33.3 Å². The molecule has 4 nitrogen and oxygen atoms in total. The lowest BCUT2D eigenvalue weighted by Gasteiger charge is -2.23. The Bertz CT molecular complexity index is 527. The fourth-order valence-corrected chi connectivity index (χ4v) is 1.85. The molecule has 0 spiro atoms. The minimum Gasteiger partial charge on any atom is -0.355 e. The molecule has 0 aliphatic carbocycles. The van der Waals surface area contributed by atoms with Crippen LogP contribution < -0.4 is 10.6 Å². The van der Waals surface area contributed by atoms with Crippen LogP contribution in [0.25, 0.3) is 0 Å². The van der Waals surface area contributed by atoms with E-state index in [1.54, 1.807) is 32.0 Å². The Balaban J connectivity index is 2.49. The highest BCUT2D eigenvalue weighted by molar-refractivity contribution is 6.04. The van der Waals surface area contributed by atoms with Gasteiger partial charge in [0.05, 0.1) is 0 Å². The van der Waals surface area contributed by atoms with Crippen LogP contribution in [0.4, 0.5) is 4.39 Å². The van der Waals surface area contributed by atoms with Crippen molar-refractivity contribution < 1.29 is 14.0 Å². The highest BCUT2D eigenvalue weighted by atomic mass is 19.1. The van der Waals surface area contributed by atoms with Crippen LogP contribution >= 0.6 is 0 Å². The number of carbonyl (C=O) groups is 2. The number of nitrogens with one attached hydrogen (secondary N) is 2. The molecule has 5 heteroatoms. The van der Waals surface area contributed by atoms with Crippen molar-refractivity contribution in [2.45, 2.75) is 34.1 Å². The van der Waals surface area contributed by atoms with Crippen LogP contribution in [0, 0.1) is 17.2 Å². The predicted molar refractivity (Wildman–Crippen MR) is 84.7 cm³/mol. The van der Waals surface area contributed by atoms with E-state index in [0.29, 0.717) is 31.0 Å². The number of halogens is 1. The second-order valence-electron chi connectivity index (χ2n) is 6.33. The van der Waals surface area contributed by atoms with Crippen molar-refractivity contribution in [3.05, 3.63) is 35.6 Å². The minimum atomic E-state index is -1.15. The quantitative estimate of drug-likeness (QED) is 0.759. The molecule has 1 aromatic carbocycles. The van der Waals surface area contributed by atoms with Gasteiger partial charge in [0.1, 0.15) is 11.2 Å². The first-order valence-electron chi connectivity index (χ1n) is 7.55. The second kappa shape index (κ2) is 7.92. The van der Waals surface area contributed by atoms with Gasteiger partial charge in [0.15, 0.2) is 0 Å². The zero-order valence-electron chi connectivity index (χ0n) is 13.7. The number of hydrogen-bond acceptors (Lipinski definition) is 2. The van der Waals surface area contributed by atoms with Gasteiger partial charge >= 0.3 is 0 Å². The normalized spacial score (nSPS) is 11.4. The minimum absolute atomic E-state index is 0.286. The van der Waals surface area contributed by atoms with Crippen LogP contribution in [-0.2, 0) is 16.0 Å². The Kier molecular flexibility index (Phi) is 6.53. The molecule has 0 aliphatic rings. The molecule has 2 amide bonds. The number of benzene rings is 1. The van der Waals surface area contributed by atoms with E-state index in [-0.39, 0.29) is 17.6 Å². The van der Waals surface area contributed by atoms with Gasteiger partial charge in [-0.2, -0.15) is 0 Å². The SMILES string of the molecule is CC(C)CNC(=O)C(C)(C)C(=O)NCCc1ccccc1F. The third-order valence-corrected chi connectivity index (χ3v) is 3.44. The predicted octanol–water partition coefficient (Wildman–Crippen LogP) is 2.28. The van der Waals surface area contributed by atoms with E-state index in [9.17, 15) is 14.0 Å². The molecule has 22 heavy (non-hydrogen) atoms. The summed E-state index contributed by atoms with van der Waals surface area (Å²) < 4.78 is 13.5. The molecule has 0 radical (unpaired) electrons. The summed E-state index contributed by atoms with van der Waals surface area (Å²) in [5, 5.41) is 5.46. The van der Waals surface area contributed by atoms with E-state index < -0.39 is 5.41 Å². The Labute approximate surface area is 131 Å². The van der Waals surface area contributed by atoms with Crippen molar-refractivity contribution >= 4 is 11.8 Å². The first-order chi connectivity index (χ1) is 10.2. The maximum Gasteiger partial charge on any atom is 0.235 e. The van der Waals surface area contributed by atoms with Crippen LogP contribution in [0.3, 0.4) is 0 Å². The van der Waals surface area contributed by atoms with Crippen molar-refractivity contribution in [3.63, 3.8) is 0 Å². The third kappa shape index (κ3) is 5.13. The topological polar surface area (TPSA) is 58.2 Å². The molecule has 2 N–H and O–H groups in total. The second-order valence-corrected chi connectivity index (χ2v) is 6.33. The molecule has 0 saturated heterocycles. The lowest BCUT2D eigenvalue weighted by Crippen LogP contribution is -2.48. The van der Waals surface area contributed by atoms with Gasteiger partial charge in [0.25, 0.3) is 0 Å². The molecule has 1 rings (SSSR count). The van der Waals surface area contributed by atoms with Crippen LogP contribution in [0.2, 0.25) is 0 Å². The lowest BCUT2D eigenvalue weighted by atomic mass is 9.90. The van der Waals surface area contributed by atoms with Crippen molar-refractivity contribution in [1.29, 1.82) is 0 Å². The van der Waals surface area contributed by atoms with Crippen LogP contribution in [-0.4, -0.2) is 24.9 Å². The van der Waals surface area contributed by atoms with Crippen LogP contribution in [0.15, 0.2) is 24.3 Å². The smallest absolute Gasteiger partial charge is 0.235 e. The van der Waals surface area contributed by atoms with Gasteiger partial charge in [-0.1, -0.05) is 32.0 Å². The van der Waals surface area contributed by atoms with E-state index in [1.807, 2.05) is 13.8 Å². The van der Waals surface area contributed by atoms with Gasteiger partial charge in [0.2, 0.25) is 11.8 Å². The molecule has 0 heterocycles. The average molecular weight is 308 g/mol. The van der Waals surface area contributed by atoms with E-state index in [2.05, 4.69) is 10.6 Å². The van der Waals surface area contributed by atoms with Crippen molar-refractivity contribution in [1.82, 2.24) is 10.6 Å². The highest BCUT2D eigenvalue weighted by Gasteiger charge is 2.35. The highest BCUT2D eigenvalue weighted by Crippen LogP contribution is 2.15. The maximum absolute atomic E-state index is 13.5. The van der Waals surface area contributed by atoms with E-state index in [0.717, 1.165) is 0 Å². The molecule has 1 aromatic rings. The Hall–Kier alpha value is -1.91. The first-order valence-corrected chi connectivity index (χ1v) is 7.55.